The lowest BCUT2D eigenvalue weighted by Crippen LogP contribution is -2.41. The molecule has 0 aliphatic carbocycles. The number of nitrogens with one attached hydrogen (secondary N) is 1. The summed E-state index contributed by atoms with van der Waals surface area (Å²) in [5, 5.41) is 4.38. The maximum absolute atomic E-state index is 4.38. The fourth-order valence-corrected chi connectivity index (χ4v) is 1.32. The zero-order valence-corrected chi connectivity index (χ0v) is 8.81. The summed E-state index contributed by atoms with van der Waals surface area (Å²) in [4.78, 5) is 0. The van der Waals surface area contributed by atoms with Gasteiger partial charge >= 0.3 is 0 Å². The van der Waals surface area contributed by atoms with Crippen molar-refractivity contribution < 1.29 is 0 Å². The highest BCUT2D eigenvalue weighted by Crippen LogP contribution is 2.27. The minimum atomic E-state index is 0.194. The Morgan fingerprint density at radius 3 is 2.17 bits per heavy atom. The Bertz CT molecular complexity index is 194. The van der Waals surface area contributed by atoms with E-state index in [-0.39, 0.29) is 5.54 Å². The molecule has 0 aromatic rings. The molecule has 1 N–H and O–H groups in total. The standard InChI is InChI=1S/C10H20N2/c1-7(2)9-6-10(5,8(3)4)12-11-9/h7-8,12H,6H2,1-5H3. The van der Waals surface area contributed by atoms with Crippen LogP contribution in [0.5, 0.6) is 0 Å². The van der Waals surface area contributed by atoms with Crippen LogP contribution >= 0.6 is 0 Å². The molecule has 0 saturated carbocycles. The van der Waals surface area contributed by atoms with Crippen LogP contribution in [0.4, 0.5) is 0 Å². The third-order valence-electron chi connectivity index (χ3n) is 2.94. The molecule has 0 spiro atoms. The van der Waals surface area contributed by atoms with E-state index in [0.717, 1.165) is 6.42 Å². The largest absolute Gasteiger partial charge is 0.304 e. The quantitative estimate of drug-likeness (QED) is 0.672. The predicted molar refractivity (Wildman–Crippen MR) is 53.3 cm³/mol. The minimum absolute atomic E-state index is 0.194. The van der Waals surface area contributed by atoms with Crippen molar-refractivity contribution in [3.63, 3.8) is 0 Å². The molecule has 0 amide bonds. The van der Waals surface area contributed by atoms with E-state index in [0.29, 0.717) is 11.8 Å². The first kappa shape index (κ1) is 9.56. The van der Waals surface area contributed by atoms with Crippen LogP contribution in [0.3, 0.4) is 0 Å². The Morgan fingerprint density at radius 2 is 1.92 bits per heavy atom. The zero-order chi connectivity index (χ0) is 9.35. The van der Waals surface area contributed by atoms with Crippen LogP contribution in [0.1, 0.15) is 41.0 Å². The van der Waals surface area contributed by atoms with Crippen LogP contribution in [0.25, 0.3) is 0 Å². The van der Waals surface area contributed by atoms with Crippen molar-refractivity contribution in [3.05, 3.63) is 0 Å². The van der Waals surface area contributed by atoms with Gasteiger partial charge in [0.2, 0.25) is 0 Å². The van der Waals surface area contributed by atoms with E-state index in [9.17, 15) is 0 Å². The number of hydrogen-bond acceptors (Lipinski definition) is 2. The molecule has 0 fully saturated rings. The Balaban J connectivity index is 2.62. The van der Waals surface area contributed by atoms with Gasteiger partial charge < -0.3 is 5.43 Å². The van der Waals surface area contributed by atoms with Crippen LogP contribution < -0.4 is 5.43 Å². The van der Waals surface area contributed by atoms with Gasteiger partial charge in [-0.2, -0.15) is 5.10 Å². The lowest BCUT2D eigenvalue weighted by Gasteiger charge is -2.28. The Morgan fingerprint density at radius 1 is 1.33 bits per heavy atom. The van der Waals surface area contributed by atoms with Crippen molar-refractivity contribution >= 4 is 5.71 Å². The summed E-state index contributed by atoms with van der Waals surface area (Å²) in [5.41, 5.74) is 4.76. The van der Waals surface area contributed by atoms with Crippen LogP contribution in [-0.4, -0.2) is 11.3 Å². The molecule has 0 saturated heterocycles. The third-order valence-corrected chi connectivity index (χ3v) is 2.94. The van der Waals surface area contributed by atoms with E-state index >= 15 is 0 Å². The van der Waals surface area contributed by atoms with Crippen molar-refractivity contribution in [2.24, 2.45) is 16.9 Å². The monoisotopic (exact) mass is 168 g/mol. The first-order valence-corrected chi connectivity index (χ1v) is 4.79. The first-order valence-electron chi connectivity index (χ1n) is 4.79. The van der Waals surface area contributed by atoms with Gasteiger partial charge in [-0.15, -0.1) is 0 Å². The van der Waals surface area contributed by atoms with E-state index in [1.807, 2.05) is 0 Å². The van der Waals surface area contributed by atoms with Gasteiger partial charge in [0.1, 0.15) is 0 Å². The molecule has 1 heterocycles. The van der Waals surface area contributed by atoms with Crippen molar-refractivity contribution in [1.29, 1.82) is 0 Å². The average molecular weight is 168 g/mol. The zero-order valence-electron chi connectivity index (χ0n) is 8.81. The van der Waals surface area contributed by atoms with Crippen molar-refractivity contribution in [2.45, 2.75) is 46.6 Å². The number of rotatable bonds is 2. The molecule has 0 bridgehead atoms. The second-order valence-electron chi connectivity index (χ2n) is 4.62. The fourth-order valence-electron chi connectivity index (χ4n) is 1.32. The molecule has 1 aliphatic heterocycles. The van der Waals surface area contributed by atoms with Gasteiger partial charge in [-0.05, 0) is 18.8 Å². The summed E-state index contributed by atoms with van der Waals surface area (Å²) in [6.45, 7) is 11.1. The second kappa shape index (κ2) is 3.08. The highest BCUT2D eigenvalue weighted by molar-refractivity contribution is 5.88. The average Bonchev–Trinajstić information content (AvgIpc) is 2.33. The molecular weight excluding hydrogens is 148 g/mol. The van der Waals surface area contributed by atoms with Crippen LogP contribution in [0.2, 0.25) is 0 Å². The van der Waals surface area contributed by atoms with Gasteiger partial charge in [-0.25, -0.2) is 0 Å². The molecule has 12 heavy (non-hydrogen) atoms. The summed E-state index contributed by atoms with van der Waals surface area (Å²) in [7, 11) is 0. The van der Waals surface area contributed by atoms with Gasteiger partial charge in [0.25, 0.3) is 0 Å². The molecule has 1 atom stereocenters. The number of hydrazone groups is 1. The summed E-state index contributed by atoms with van der Waals surface area (Å²) in [5.74, 6) is 1.22. The third kappa shape index (κ3) is 1.62. The number of nitrogens with zero attached hydrogens (tertiary/aromatic N) is 1. The molecule has 1 unspecified atom stereocenters. The highest BCUT2D eigenvalue weighted by atomic mass is 15.4. The molecule has 0 aromatic carbocycles. The van der Waals surface area contributed by atoms with Crippen molar-refractivity contribution in [1.82, 2.24) is 5.43 Å². The van der Waals surface area contributed by atoms with Crippen LogP contribution in [0, 0.1) is 11.8 Å². The molecule has 2 heteroatoms. The predicted octanol–water partition coefficient (Wildman–Crippen LogP) is 2.41. The van der Waals surface area contributed by atoms with E-state index < -0.39 is 0 Å². The summed E-state index contributed by atoms with van der Waals surface area (Å²) < 4.78 is 0. The Hall–Kier alpha value is -0.530. The van der Waals surface area contributed by atoms with Gasteiger partial charge in [0, 0.05) is 12.1 Å². The normalized spacial score (nSPS) is 29.4. The summed E-state index contributed by atoms with van der Waals surface area (Å²) >= 11 is 0. The SMILES string of the molecule is CC(C)C1=NNC(C)(C(C)C)C1. The van der Waals surface area contributed by atoms with E-state index in [1.54, 1.807) is 0 Å². The fraction of sp³-hybridized carbons (Fsp3) is 0.900. The van der Waals surface area contributed by atoms with E-state index in [2.05, 4.69) is 45.1 Å². The topological polar surface area (TPSA) is 24.4 Å². The molecule has 0 aromatic heterocycles. The smallest absolute Gasteiger partial charge is 0.0596 e. The van der Waals surface area contributed by atoms with E-state index in [1.165, 1.54) is 5.71 Å². The van der Waals surface area contributed by atoms with Gasteiger partial charge in [0.05, 0.1) is 5.54 Å². The van der Waals surface area contributed by atoms with Gasteiger partial charge in [0.15, 0.2) is 0 Å². The van der Waals surface area contributed by atoms with Gasteiger partial charge in [-0.1, -0.05) is 27.7 Å². The minimum Gasteiger partial charge on any atom is -0.304 e. The Labute approximate surface area is 75.4 Å². The first-order chi connectivity index (χ1) is 5.46. The highest BCUT2D eigenvalue weighted by Gasteiger charge is 2.34. The molecule has 1 aliphatic rings. The van der Waals surface area contributed by atoms with Gasteiger partial charge in [-0.3, -0.25) is 0 Å². The summed E-state index contributed by atoms with van der Waals surface area (Å²) in [6.07, 6.45) is 1.10. The maximum atomic E-state index is 4.38. The summed E-state index contributed by atoms with van der Waals surface area (Å²) in [6, 6.07) is 0. The lowest BCUT2D eigenvalue weighted by molar-refractivity contribution is 0.294. The number of hydrogen-bond donors (Lipinski definition) is 1. The van der Waals surface area contributed by atoms with Crippen molar-refractivity contribution in [3.8, 4) is 0 Å². The molecular formula is C10H20N2. The molecule has 1 rings (SSSR count). The maximum Gasteiger partial charge on any atom is 0.0596 e. The Kier molecular flexibility index (Phi) is 2.45. The molecule has 70 valence electrons. The van der Waals surface area contributed by atoms with Crippen molar-refractivity contribution in [2.75, 3.05) is 0 Å². The lowest BCUT2D eigenvalue weighted by atomic mass is 9.83. The second-order valence-corrected chi connectivity index (χ2v) is 4.62. The van der Waals surface area contributed by atoms with E-state index in [4.69, 9.17) is 0 Å². The molecule has 0 radical (unpaired) electrons. The molecule has 2 nitrogen and oxygen atoms in total. The van der Waals surface area contributed by atoms with Crippen LogP contribution in [-0.2, 0) is 0 Å². The van der Waals surface area contributed by atoms with Crippen LogP contribution in [0.15, 0.2) is 5.10 Å².